The molecule has 0 spiro atoms. The molecule has 0 unspecified atom stereocenters. The summed E-state index contributed by atoms with van der Waals surface area (Å²) in [6, 6.07) is 7.98. The van der Waals surface area contributed by atoms with Gasteiger partial charge in [0.15, 0.2) is 0 Å². The average Bonchev–Trinajstić information content (AvgIpc) is 2.35. The topological polar surface area (TPSA) is 37.9 Å². The normalized spacial score (nSPS) is 10.4. The van der Waals surface area contributed by atoms with Gasteiger partial charge in [0.2, 0.25) is 0 Å². The molecule has 0 bridgehead atoms. The van der Waals surface area contributed by atoms with E-state index in [4.69, 9.17) is 17.0 Å². The summed E-state index contributed by atoms with van der Waals surface area (Å²) in [6.07, 6.45) is 0. The Morgan fingerprint density at radius 2 is 1.89 bits per heavy atom. The van der Waals surface area contributed by atoms with Crippen molar-refractivity contribution in [2.24, 2.45) is 0 Å². The Balaban J connectivity index is 2.45. The molecule has 1 aromatic heterocycles. The molecule has 2 aromatic rings. The average molecular weight is 260 g/mol. The van der Waals surface area contributed by atoms with E-state index in [1.165, 1.54) is 0 Å². The van der Waals surface area contributed by atoms with Gasteiger partial charge in [0.1, 0.15) is 16.2 Å². The number of benzene rings is 1. The summed E-state index contributed by atoms with van der Waals surface area (Å²) in [5.74, 6) is 1.71. The van der Waals surface area contributed by atoms with E-state index in [1.54, 1.807) is 0 Å². The van der Waals surface area contributed by atoms with Gasteiger partial charge in [-0.15, -0.1) is 0 Å². The number of aromatic nitrogens is 2. The third-order valence-corrected chi connectivity index (χ3v) is 3.12. The highest BCUT2D eigenvalue weighted by molar-refractivity contribution is 7.71. The number of aromatic amines is 1. The first kappa shape index (κ1) is 12.8. The molecule has 94 valence electrons. The van der Waals surface area contributed by atoms with Crippen molar-refractivity contribution in [3.05, 3.63) is 40.3 Å². The molecule has 1 N–H and O–H groups in total. The number of hydrogen-bond donors (Lipinski definition) is 1. The van der Waals surface area contributed by atoms with Crippen LogP contribution in [0.4, 0.5) is 0 Å². The van der Waals surface area contributed by atoms with Gasteiger partial charge in [0.25, 0.3) is 0 Å². The highest BCUT2D eigenvalue weighted by Crippen LogP contribution is 2.24. The maximum absolute atomic E-state index is 5.43. The maximum atomic E-state index is 5.43. The molecule has 4 heteroatoms. The molecule has 0 saturated carbocycles. The van der Waals surface area contributed by atoms with Gasteiger partial charge < -0.3 is 9.72 Å². The lowest BCUT2D eigenvalue weighted by Gasteiger charge is -2.09. The van der Waals surface area contributed by atoms with Crippen molar-refractivity contribution >= 4 is 12.2 Å². The van der Waals surface area contributed by atoms with Crippen LogP contribution in [0.1, 0.15) is 18.3 Å². The van der Waals surface area contributed by atoms with E-state index in [2.05, 4.69) is 9.97 Å². The zero-order valence-electron chi connectivity index (χ0n) is 10.8. The molecule has 0 fully saturated rings. The van der Waals surface area contributed by atoms with Crippen LogP contribution in [0.3, 0.4) is 0 Å². The largest absolute Gasteiger partial charge is 0.494 e. The number of nitrogens with one attached hydrogen (secondary N) is 1. The van der Waals surface area contributed by atoms with Gasteiger partial charge in [-0.25, -0.2) is 4.98 Å². The Hall–Kier alpha value is -1.68. The molecule has 1 aromatic carbocycles. The second-order valence-electron chi connectivity index (χ2n) is 4.08. The quantitative estimate of drug-likeness (QED) is 0.852. The second kappa shape index (κ2) is 5.31. The fourth-order valence-electron chi connectivity index (χ4n) is 1.82. The van der Waals surface area contributed by atoms with Crippen molar-refractivity contribution < 1.29 is 4.74 Å². The second-order valence-corrected chi connectivity index (χ2v) is 4.47. The summed E-state index contributed by atoms with van der Waals surface area (Å²) < 4.78 is 6.08. The molecule has 0 radical (unpaired) electrons. The number of H-pyrrole nitrogens is 1. The summed E-state index contributed by atoms with van der Waals surface area (Å²) in [5.41, 5.74) is 3.11. The van der Waals surface area contributed by atoms with Gasteiger partial charge in [0.05, 0.1) is 12.3 Å². The molecule has 1 heterocycles. The molecular weight excluding hydrogens is 244 g/mol. The van der Waals surface area contributed by atoms with Gasteiger partial charge >= 0.3 is 0 Å². The highest BCUT2D eigenvalue weighted by atomic mass is 32.1. The minimum Gasteiger partial charge on any atom is -0.494 e. The molecule has 2 rings (SSSR count). The molecule has 0 aliphatic heterocycles. The predicted octanol–water partition coefficient (Wildman–Crippen LogP) is 3.82. The molecule has 3 nitrogen and oxygen atoms in total. The summed E-state index contributed by atoms with van der Waals surface area (Å²) in [4.78, 5) is 7.51. The Morgan fingerprint density at radius 1 is 1.22 bits per heavy atom. The van der Waals surface area contributed by atoms with E-state index >= 15 is 0 Å². The molecule has 0 saturated heterocycles. The van der Waals surface area contributed by atoms with Crippen LogP contribution in [-0.4, -0.2) is 16.6 Å². The van der Waals surface area contributed by atoms with Gasteiger partial charge in [-0.3, -0.25) is 0 Å². The van der Waals surface area contributed by atoms with Crippen molar-refractivity contribution in [1.29, 1.82) is 0 Å². The molecule has 0 atom stereocenters. The Bertz CT molecular complexity index is 602. The van der Waals surface area contributed by atoms with Gasteiger partial charge in [-0.05, 0) is 50.6 Å². The lowest BCUT2D eigenvalue weighted by Crippen LogP contribution is -1.96. The van der Waals surface area contributed by atoms with Crippen LogP contribution in [0.25, 0.3) is 11.3 Å². The van der Waals surface area contributed by atoms with E-state index in [0.717, 1.165) is 28.4 Å². The van der Waals surface area contributed by atoms with Crippen LogP contribution in [0.2, 0.25) is 0 Å². The van der Waals surface area contributed by atoms with Crippen LogP contribution in [0, 0.1) is 18.5 Å². The minimum atomic E-state index is 0.648. The van der Waals surface area contributed by atoms with Crippen molar-refractivity contribution in [2.75, 3.05) is 6.61 Å². The number of nitrogens with zero attached hydrogens (tertiary/aromatic N) is 1. The fraction of sp³-hybridized carbons (Fsp3) is 0.286. The molecule has 18 heavy (non-hydrogen) atoms. The van der Waals surface area contributed by atoms with E-state index in [9.17, 15) is 0 Å². The summed E-state index contributed by atoms with van der Waals surface area (Å²) in [6.45, 7) is 6.54. The first-order valence-corrected chi connectivity index (χ1v) is 6.33. The predicted molar refractivity (Wildman–Crippen MR) is 75.5 cm³/mol. The fourth-order valence-corrected chi connectivity index (χ4v) is 2.06. The van der Waals surface area contributed by atoms with Crippen LogP contribution in [0.5, 0.6) is 5.75 Å². The number of aryl methyl sites for hydroxylation is 1. The smallest absolute Gasteiger partial charge is 0.133 e. The summed E-state index contributed by atoms with van der Waals surface area (Å²) in [7, 11) is 0. The number of hydrogen-bond acceptors (Lipinski definition) is 3. The number of ether oxygens (including phenoxy) is 1. The standard InChI is InChI=1S/C14H16N2OS/c1-4-17-12-7-5-11(6-8-12)13-9(2)14(18)16-10(3)15-13/h5-8H,4H2,1-3H3,(H,15,16,18). The van der Waals surface area contributed by atoms with Crippen molar-refractivity contribution in [3.8, 4) is 17.0 Å². The summed E-state index contributed by atoms with van der Waals surface area (Å²) in [5, 5.41) is 0. The summed E-state index contributed by atoms with van der Waals surface area (Å²) >= 11 is 5.24. The third kappa shape index (κ3) is 2.59. The first-order valence-electron chi connectivity index (χ1n) is 5.92. The van der Waals surface area contributed by atoms with E-state index in [-0.39, 0.29) is 0 Å². The molecule has 0 aliphatic rings. The van der Waals surface area contributed by atoms with Crippen LogP contribution >= 0.6 is 12.2 Å². The zero-order chi connectivity index (χ0) is 13.1. The third-order valence-electron chi connectivity index (χ3n) is 2.72. The zero-order valence-corrected chi connectivity index (χ0v) is 11.6. The van der Waals surface area contributed by atoms with Gasteiger partial charge in [-0.2, -0.15) is 0 Å². The molecular formula is C14H16N2OS. The van der Waals surface area contributed by atoms with Gasteiger partial charge in [0, 0.05) is 5.56 Å². The minimum absolute atomic E-state index is 0.648. The Morgan fingerprint density at radius 3 is 2.50 bits per heavy atom. The van der Waals surface area contributed by atoms with Crippen molar-refractivity contribution in [3.63, 3.8) is 0 Å². The van der Waals surface area contributed by atoms with Crippen molar-refractivity contribution in [1.82, 2.24) is 9.97 Å². The Labute approximate surface area is 112 Å². The van der Waals surface area contributed by atoms with Crippen LogP contribution < -0.4 is 4.74 Å². The van der Waals surface area contributed by atoms with Crippen LogP contribution in [-0.2, 0) is 0 Å². The van der Waals surface area contributed by atoms with E-state index < -0.39 is 0 Å². The lowest BCUT2D eigenvalue weighted by molar-refractivity contribution is 0.340. The first-order chi connectivity index (χ1) is 8.61. The lowest BCUT2D eigenvalue weighted by atomic mass is 10.1. The number of rotatable bonds is 3. The highest BCUT2D eigenvalue weighted by Gasteiger charge is 2.05. The van der Waals surface area contributed by atoms with Crippen LogP contribution in [0.15, 0.2) is 24.3 Å². The Kier molecular flexibility index (Phi) is 3.77. The van der Waals surface area contributed by atoms with Gasteiger partial charge in [-0.1, -0.05) is 12.2 Å². The molecule has 0 amide bonds. The van der Waals surface area contributed by atoms with E-state index in [1.807, 2.05) is 45.0 Å². The molecule has 0 aliphatic carbocycles. The van der Waals surface area contributed by atoms with Crippen molar-refractivity contribution in [2.45, 2.75) is 20.8 Å². The maximum Gasteiger partial charge on any atom is 0.133 e. The monoisotopic (exact) mass is 260 g/mol. The SMILES string of the molecule is CCOc1ccc(-c2[nH]c(C)nc(=S)c2C)cc1. The van der Waals surface area contributed by atoms with E-state index in [0.29, 0.717) is 11.2 Å².